The minimum Gasteiger partial charge on any atom is -0.342 e. The van der Waals surface area contributed by atoms with Gasteiger partial charge in [-0.05, 0) is 49.7 Å². The molecule has 0 N–H and O–H groups in total. The predicted octanol–water partition coefficient (Wildman–Crippen LogP) is 4.54. The quantitative estimate of drug-likeness (QED) is 0.680. The van der Waals surface area contributed by atoms with Crippen LogP contribution in [0.15, 0.2) is 42.5 Å². The number of nitrogens with zero attached hydrogens (tertiary/aromatic N) is 2. The number of rotatable bonds is 3. The Labute approximate surface area is 146 Å². The number of halogens is 2. The molecular weight excluding hydrogens is 318 g/mol. The molecule has 3 aromatic rings. The van der Waals surface area contributed by atoms with E-state index < -0.39 is 0 Å². The molecule has 2 aromatic carbocycles. The first-order valence-corrected chi connectivity index (χ1v) is 8.77. The molecule has 1 unspecified atom stereocenters. The lowest BCUT2D eigenvalue weighted by Crippen LogP contribution is -2.35. The first-order valence-electron chi connectivity index (χ1n) is 8.77. The van der Waals surface area contributed by atoms with Gasteiger partial charge in [0.15, 0.2) is 0 Å². The fourth-order valence-corrected chi connectivity index (χ4v) is 3.88. The van der Waals surface area contributed by atoms with E-state index in [1.165, 1.54) is 29.5 Å². The van der Waals surface area contributed by atoms with E-state index in [1.54, 1.807) is 18.2 Å². The van der Waals surface area contributed by atoms with Crippen molar-refractivity contribution in [2.75, 3.05) is 7.05 Å². The minimum atomic E-state index is -0.226. The molecule has 4 heteroatoms. The molecule has 0 bridgehead atoms. The van der Waals surface area contributed by atoms with Crippen molar-refractivity contribution < 1.29 is 8.78 Å². The maximum Gasteiger partial charge on any atom is 0.147 e. The van der Waals surface area contributed by atoms with Crippen molar-refractivity contribution in [1.82, 2.24) is 9.47 Å². The highest BCUT2D eigenvalue weighted by molar-refractivity contribution is 5.86. The summed E-state index contributed by atoms with van der Waals surface area (Å²) in [5, 5.41) is 1.02. The molecule has 1 aliphatic rings. The van der Waals surface area contributed by atoms with Crippen LogP contribution in [0.3, 0.4) is 0 Å². The summed E-state index contributed by atoms with van der Waals surface area (Å²) in [6.07, 6.45) is 1.68. The van der Waals surface area contributed by atoms with Crippen LogP contribution in [0.25, 0.3) is 10.9 Å². The van der Waals surface area contributed by atoms with Crippen molar-refractivity contribution in [3.63, 3.8) is 0 Å². The fourth-order valence-electron chi connectivity index (χ4n) is 3.88. The van der Waals surface area contributed by atoms with Gasteiger partial charge in [-0.25, -0.2) is 8.78 Å². The summed E-state index contributed by atoms with van der Waals surface area (Å²) in [5.74, 6) is -0.392. The smallest absolute Gasteiger partial charge is 0.147 e. The summed E-state index contributed by atoms with van der Waals surface area (Å²) in [7, 11) is 2.12. The Morgan fingerprint density at radius 3 is 2.60 bits per heavy atom. The van der Waals surface area contributed by atoms with Gasteiger partial charge in [-0.3, -0.25) is 4.90 Å². The number of aromatic nitrogens is 1. The molecule has 0 aliphatic carbocycles. The Bertz CT molecular complexity index is 912. The molecule has 0 radical (unpaired) electrons. The van der Waals surface area contributed by atoms with Crippen LogP contribution < -0.4 is 0 Å². The third-order valence-electron chi connectivity index (χ3n) is 5.44. The molecule has 130 valence electrons. The number of benzene rings is 2. The molecule has 1 aliphatic heterocycles. The van der Waals surface area contributed by atoms with E-state index in [9.17, 15) is 8.78 Å². The average Bonchev–Trinajstić information content (AvgIpc) is 2.89. The lowest BCUT2D eigenvalue weighted by molar-refractivity contribution is 0.228. The summed E-state index contributed by atoms with van der Waals surface area (Å²) in [5.41, 5.74) is 4.26. The van der Waals surface area contributed by atoms with Gasteiger partial charge in [-0.15, -0.1) is 0 Å². The standard InChI is InChI=1S/C21H22F2N2/c1-14-12-20-18(13-24(14)2)17-4-3-5-19(23)21(17)25(20)11-10-15-6-8-16(22)9-7-15/h3-9,14H,10-13H2,1-2H3. The van der Waals surface area contributed by atoms with E-state index in [-0.39, 0.29) is 11.6 Å². The lowest BCUT2D eigenvalue weighted by atomic mass is 10.00. The molecule has 1 aromatic heterocycles. The Balaban J connectivity index is 1.77. The van der Waals surface area contributed by atoms with E-state index in [1.807, 2.05) is 6.07 Å². The van der Waals surface area contributed by atoms with Crippen molar-refractivity contribution >= 4 is 10.9 Å². The van der Waals surface area contributed by atoms with Crippen LogP contribution in [0.4, 0.5) is 8.78 Å². The summed E-state index contributed by atoms with van der Waals surface area (Å²) in [6, 6.07) is 12.4. The van der Waals surface area contributed by atoms with E-state index in [4.69, 9.17) is 0 Å². The molecule has 1 atom stereocenters. The van der Waals surface area contributed by atoms with Crippen LogP contribution in [0.5, 0.6) is 0 Å². The topological polar surface area (TPSA) is 8.17 Å². The predicted molar refractivity (Wildman–Crippen MR) is 96.6 cm³/mol. The molecule has 0 amide bonds. The van der Waals surface area contributed by atoms with Crippen molar-refractivity contribution in [2.45, 2.75) is 38.9 Å². The van der Waals surface area contributed by atoms with Gasteiger partial charge >= 0.3 is 0 Å². The first kappa shape index (κ1) is 16.3. The number of hydrogen-bond acceptors (Lipinski definition) is 1. The summed E-state index contributed by atoms with van der Waals surface area (Å²) in [6.45, 7) is 3.76. The summed E-state index contributed by atoms with van der Waals surface area (Å²) < 4.78 is 29.9. The second kappa shape index (κ2) is 6.26. The summed E-state index contributed by atoms with van der Waals surface area (Å²) >= 11 is 0. The molecular formula is C21H22F2N2. The Morgan fingerprint density at radius 1 is 1.08 bits per heavy atom. The molecule has 2 nitrogen and oxygen atoms in total. The van der Waals surface area contributed by atoms with Gasteiger partial charge in [0.2, 0.25) is 0 Å². The Kier molecular flexibility index (Phi) is 4.08. The van der Waals surface area contributed by atoms with Crippen molar-refractivity contribution in [1.29, 1.82) is 0 Å². The van der Waals surface area contributed by atoms with E-state index in [0.717, 1.165) is 30.3 Å². The summed E-state index contributed by atoms with van der Waals surface area (Å²) in [4.78, 5) is 2.32. The van der Waals surface area contributed by atoms with Crippen molar-refractivity contribution in [3.8, 4) is 0 Å². The zero-order valence-electron chi connectivity index (χ0n) is 14.6. The van der Waals surface area contributed by atoms with Gasteiger partial charge in [-0.1, -0.05) is 24.3 Å². The van der Waals surface area contributed by atoms with Crippen molar-refractivity contribution in [2.24, 2.45) is 0 Å². The second-order valence-electron chi connectivity index (χ2n) is 7.06. The zero-order chi connectivity index (χ0) is 17.6. The van der Waals surface area contributed by atoms with E-state index in [0.29, 0.717) is 18.1 Å². The van der Waals surface area contributed by atoms with Gasteiger partial charge in [0, 0.05) is 36.6 Å². The average molecular weight is 340 g/mol. The first-order chi connectivity index (χ1) is 12.0. The zero-order valence-corrected chi connectivity index (χ0v) is 14.6. The number of aryl methyl sites for hydroxylation is 2. The number of hydrogen-bond donors (Lipinski definition) is 0. The van der Waals surface area contributed by atoms with Crippen LogP contribution in [-0.2, 0) is 25.9 Å². The highest BCUT2D eigenvalue weighted by Crippen LogP contribution is 2.34. The minimum absolute atomic E-state index is 0.165. The van der Waals surface area contributed by atoms with Crippen LogP contribution >= 0.6 is 0 Å². The molecule has 2 heterocycles. The Morgan fingerprint density at radius 2 is 1.84 bits per heavy atom. The van der Waals surface area contributed by atoms with Gasteiger partial charge < -0.3 is 4.57 Å². The lowest BCUT2D eigenvalue weighted by Gasteiger charge is -2.31. The molecule has 4 rings (SSSR count). The molecule has 0 saturated carbocycles. The highest BCUT2D eigenvalue weighted by Gasteiger charge is 2.27. The largest absolute Gasteiger partial charge is 0.342 e. The van der Waals surface area contributed by atoms with Gasteiger partial charge in [0.25, 0.3) is 0 Å². The molecule has 0 fully saturated rings. The highest BCUT2D eigenvalue weighted by atomic mass is 19.1. The molecule has 0 saturated heterocycles. The monoisotopic (exact) mass is 340 g/mol. The Hall–Kier alpha value is -2.20. The normalized spacial score (nSPS) is 17.8. The fraction of sp³-hybridized carbons (Fsp3) is 0.333. The maximum atomic E-state index is 14.6. The SMILES string of the molecule is CC1Cc2c(c3cccc(F)c3n2CCc2ccc(F)cc2)CN1C. The number of likely N-dealkylation sites (N-methyl/N-ethyl adjacent to an activating group) is 1. The van der Waals surface area contributed by atoms with Gasteiger partial charge in [-0.2, -0.15) is 0 Å². The number of fused-ring (bicyclic) bond motifs is 3. The van der Waals surface area contributed by atoms with Crippen LogP contribution in [0.1, 0.15) is 23.7 Å². The third-order valence-corrected chi connectivity index (χ3v) is 5.44. The van der Waals surface area contributed by atoms with Gasteiger partial charge in [0.1, 0.15) is 11.6 Å². The maximum absolute atomic E-state index is 14.6. The van der Waals surface area contributed by atoms with Crippen LogP contribution in [0.2, 0.25) is 0 Å². The van der Waals surface area contributed by atoms with E-state index in [2.05, 4.69) is 23.4 Å². The second-order valence-corrected chi connectivity index (χ2v) is 7.06. The molecule has 0 spiro atoms. The van der Waals surface area contributed by atoms with Crippen LogP contribution in [0, 0.1) is 11.6 Å². The number of para-hydroxylation sites is 1. The van der Waals surface area contributed by atoms with E-state index >= 15 is 0 Å². The van der Waals surface area contributed by atoms with Crippen LogP contribution in [-0.4, -0.2) is 22.6 Å². The van der Waals surface area contributed by atoms with Gasteiger partial charge in [0.05, 0.1) is 5.52 Å². The molecule has 25 heavy (non-hydrogen) atoms. The van der Waals surface area contributed by atoms with Crippen molar-refractivity contribution in [3.05, 3.63) is 70.9 Å². The third kappa shape index (κ3) is 2.85.